The van der Waals surface area contributed by atoms with Crippen LogP contribution in [-0.2, 0) is 9.59 Å². The van der Waals surface area contributed by atoms with Crippen LogP contribution in [0.4, 0.5) is 22.7 Å². The van der Waals surface area contributed by atoms with E-state index < -0.39 is 0 Å². The number of nitrogens with one attached hydrogen (secondary N) is 4. The van der Waals surface area contributed by atoms with Crippen molar-refractivity contribution < 1.29 is 19.2 Å². The molecule has 4 amide bonds. The maximum Gasteiger partial charge on any atom is 0.255 e. The van der Waals surface area contributed by atoms with Gasteiger partial charge in [-0.1, -0.05) is 0 Å². The number of carbonyl (C=O) groups excluding carboxylic acids is 4. The zero-order valence-electron chi connectivity index (χ0n) is 19.4. The molecule has 3 aromatic rings. The van der Waals surface area contributed by atoms with Crippen LogP contribution in [0.5, 0.6) is 0 Å². The first-order valence-corrected chi connectivity index (χ1v) is 10.6. The molecule has 8 nitrogen and oxygen atoms in total. The molecule has 0 atom stereocenters. The zero-order chi connectivity index (χ0) is 24.8. The first-order valence-electron chi connectivity index (χ1n) is 10.6. The number of anilines is 4. The van der Waals surface area contributed by atoms with Crippen LogP contribution >= 0.6 is 0 Å². The van der Waals surface area contributed by atoms with Gasteiger partial charge in [-0.15, -0.1) is 0 Å². The van der Waals surface area contributed by atoms with E-state index >= 15 is 0 Å². The maximum absolute atomic E-state index is 12.6. The molecule has 3 aromatic carbocycles. The predicted octanol–water partition coefficient (Wildman–Crippen LogP) is 4.72. The molecule has 3 rings (SSSR count). The smallest absolute Gasteiger partial charge is 0.255 e. The van der Waals surface area contributed by atoms with Crippen LogP contribution in [0.15, 0.2) is 60.7 Å². The predicted molar refractivity (Wildman–Crippen MR) is 133 cm³/mol. The molecule has 0 fully saturated rings. The van der Waals surface area contributed by atoms with Crippen molar-refractivity contribution in [1.29, 1.82) is 0 Å². The number of aryl methyl sites for hydroxylation is 2. The van der Waals surface area contributed by atoms with E-state index in [0.717, 1.165) is 11.1 Å². The molecule has 0 heterocycles. The van der Waals surface area contributed by atoms with Crippen molar-refractivity contribution in [2.24, 2.45) is 0 Å². The third-order valence-electron chi connectivity index (χ3n) is 5.00. The van der Waals surface area contributed by atoms with Crippen LogP contribution in [-0.4, -0.2) is 23.6 Å². The van der Waals surface area contributed by atoms with Gasteiger partial charge < -0.3 is 21.3 Å². The van der Waals surface area contributed by atoms with Crippen molar-refractivity contribution in [3.05, 3.63) is 82.9 Å². The molecule has 0 saturated carbocycles. The minimum atomic E-state index is -0.317. The molecule has 0 aliphatic heterocycles. The summed E-state index contributed by atoms with van der Waals surface area (Å²) in [5.41, 5.74) is 4.99. The number of amides is 4. The molecule has 0 saturated heterocycles. The van der Waals surface area contributed by atoms with E-state index in [2.05, 4.69) is 21.3 Å². The Labute approximate surface area is 197 Å². The highest BCUT2D eigenvalue weighted by atomic mass is 16.2. The summed E-state index contributed by atoms with van der Waals surface area (Å²) in [7, 11) is 0. The Balaban J connectivity index is 1.64. The van der Waals surface area contributed by atoms with E-state index in [1.165, 1.54) is 13.8 Å². The minimum absolute atomic E-state index is 0.166. The Hall–Kier alpha value is -4.46. The van der Waals surface area contributed by atoms with Gasteiger partial charge in [0.05, 0.1) is 0 Å². The molecular weight excluding hydrogens is 432 g/mol. The van der Waals surface area contributed by atoms with E-state index in [1.54, 1.807) is 60.7 Å². The van der Waals surface area contributed by atoms with Crippen molar-refractivity contribution in [2.45, 2.75) is 27.7 Å². The average Bonchev–Trinajstić information content (AvgIpc) is 2.77. The Kier molecular flexibility index (Phi) is 7.43. The molecule has 0 aliphatic rings. The third kappa shape index (κ3) is 6.29. The molecule has 0 spiro atoms. The van der Waals surface area contributed by atoms with Crippen LogP contribution in [0.2, 0.25) is 0 Å². The lowest BCUT2D eigenvalue weighted by atomic mass is 10.1. The quantitative estimate of drug-likeness (QED) is 0.427. The van der Waals surface area contributed by atoms with Gasteiger partial charge in [0.1, 0.15) is 0 Å². The van der Waals surface area contributed by atoms with Gasteiger partial charge in [-0.25, -0.2) is 0 Å². The second-order valence-corrected chi connectivity index (χ2v) is 7.91. The average molecular weight is 459 g/mol. The molecule has 0 aliphatic carbocycles. The Morgan fingerprint density at radius 1 is 0.529 bits per heavy atom. The van der Waals surface area contributed by atoms with Crippen LogP contribution in [0.3, 0.4) is 0 Å². The molecule has 34 heavy (non-hydrogen) atoms. The summed E-state index contributed by atoms with van der Waals surface area (Å²) in [5.74, 6) is -0.965. The molecular formula is C26H26N4O4. The molecule has 0 aromatic heterocycles. The molecule has 0 radical (unpaired) electrons. The Bertz CT molecular complexity index is 1170. The Morgan fingerprint density at radius 2 is 0.882 bits per heavy atom. The van der Waals surface area contributed by atoms with Crippen LogP contribution in [0.1, 0.15) is 45.7 Å². The summed E-state index contributed by atoms with van der Waals surface area (Å²) in [6.07, 6.45) is 0. The van der Waals surface area contributed by atoms with Gasteiger partial charge in [-0.2, -0.15) is 0 Å². The van der Waals surface area contributed by atoms with Gasteiger partial charge in [0, 0.05) is 47.7 Å². The molecule has 174 valence electrons. The van der Waals surface area contributed by atoms with E-state index in [-0.39, 0.29) is 23.6 Å². The summed E-state index contributed by atoms with van der Waals surface area (Å²) in [6, 6.07) is 16.7. The van der Waals surface area contributed by atoms with Gasteiger partial charge in [-0.3, -0.25) is 19.2 Å². The highest BCUT2D eigenvalue weighted by Gasteiger charge is 2.11. The third-order valence-corrected chi connectivity index (χ3v) is 5.00. The van der Waals surface area contributed by atoms with E-state index in [0.29, 0.717) is 33.9 Å². The van der Waals surface area contributed by atoms with Crippen LogP contribution in [0.25, 0.3) is 0 Å². The molecule has 0 unspecified atom stereocenters. The minimum Gasteiger partial charge on any atom is -0.326 e. The van der Waals surface area contributed by atoms with Crippen molar-refractivity contribution in [1.82, 2.24) is 0 Å². The van der Waals surface area contributed by atoms with Crippen molar-refractivity contribution >= 4 is 46.4 Å². The van der Waals surface area contributed by atoms with Gasteiger partial charge in [0.15, 0.2) is 0 Å². The first kappa shape index (κ1) is 24.2. The highest BCUT2D eigenvalue weighted by molar-refractivity contribution is 6.07. The first-order chi connectivity index (χ1) is 16.1. The molecule has 0 bridgehead atoms. The van der Waals surface area contributed by atoms with E-state index in [9.17, 15) is 19.2 Å². The number of carbonyl (C=O) groups is 4. The summed E-state index contributed by atoms with van der Waals surface area (Å²) >= 11 is 0. The standard InChI is InChI=1S/C26H26N4O4/c1-15-13-21(9-11-23(15)27-17(3)31)29-25(33)19-5-7-20(8-6-19)26(34)30-22-10-12-24(16(2)14-22)28-18(4)32/h5-14H,1-4H3,(H,27,31)(H,28,32)(H,29,33)(H,30,34). The fourth-order valence-electron chi connectivity index (χ4n) is 3.32. The number of benzene rings is 3. The lowest BCUT2D eigenvalue weighted by molar-refractivity contribution is -0.115. The molecule has 4 N–H and O–H groups in total. The van der Waals surface area contributed by atoms with E-state index in [1.807, 2.05) is 13.8 Å². The number of rotatable bonds is 6. The zero-order valence-corrected chi connectivity index (χ0v) is 19.4. The fourth-order valence-corrected chi connectivity index (χ4v) is 3.32. The second kappa shape index (κ2) is 10.4. The van der Waals surface area contributed by atoms with Gasteiger partial charge in [-0.05, 0) is 85.6 Å². The van der Waals surface area contributed by atoms with Gasteiger partial charge in [0.25, 0.3) is 11.8 Å². The summed E-state index contributed by atoms with van der Waals surface area (Å²) in [4.78, 5) is 47.7. The van der Waals surface area contributed by atoms with Gasteiger partial charge in [0.2, 0.25) is 11.8 Å². The number of hydrogen-bond donors (Lipinski definition) is 4. The monoisotopic (exact) mass is 458 g/mol. The van der Waals surface area contributed by atoms with E-state index in [4.69, 9.17) is 0 Å². The topological polar surface area (TPSA) is 116 Å². The second-order valence-electron chi connectivity index (χ2n) is 7.91. The highest BCUT2D eigenvalue weighted by Crippen LogP contribution is 2.22. The van der Waals surface area contributed by atoms with Gasteiger partial charge >= 0.3 is 0 Å². The van der Waals surface area contributed by atoms with Crippen molar-refractivity contribution in [3.8, 4) is 0 Å². The summed E-state index contributed by atoms with van der Waals surface area (Å²) in [5, 5.41) is 11.1. The fraction of sp³-hybridized carbons (Fsp3) is 0.154. The molecule has 8 heteroatoms. The summed E-state index contributed by atoms with van der Waals surface area (Å²) in [6.45, 7) is 6.54. The Morgan fingerprint density at radius 3 is 1.18 bits per heavy atom. The largest absolute Gasteiger partial charge is 0.326 e. The van der Waals surface area contributed by atoms with Crippen molar-refractivity contribution in [2.75, 3.05) is 21.3 Å². The van der Waals surface area contributed by atoms with Crippen LogP contribution < -0.4 is 21.3 Å². The normalized spacial score (nSPS) is 10.2. The summed E-state index contributed by atoms with van der Waals surface area (Å²) < 4.78 is 0. The maximum atomic E-state index is 12.6. The number of hydrogen-bond acceptors (Lipinski definition) is 4. The van der Waals surface area contributed by atoms with Crippen molar-refractivity contribution in [3.63, 3.8) is 0 Å². The lowest BCUT2D eigenvalue weighted by Crippen LogP contribution is -2.15. The van der Waals surface area contributed by atoms with Crippen LogP contribution in [0, 0.1) is 13.8 Å². The SMILES string of the molecule is CC(=O)Nc1ccc(NC(=O)c2ccc(C(=O)Nc3ccc(NC(C)=O)c(C)c3)cc2)cc1C. The lowest BCUT2D eigenvalue weighted by Gasteiger charge is -2.11.